The molecule has 0 amide bonds. The number of carbonyl (C=O) groups excluding carboxylic acids is 1. The van der Waals surface area contributed by atoms with Crippen LogP contribution in [0.2, 0.25) is 0 Å². The minimum Gasteiger partial charge on any atom is -0.469 e. The Kier molecular flexibility index (Phi) is 4.50. The molecule has 0 bridgehead atoms. The molecule has 3 heteroatoms. The second-order valence-electron chi connectivity index (χ2n) is 3.99. The maximum atomic E-state index is 11.0. The Morgan fingerprint density at radius 2 is 2.12 bits per heavy atom. The molecule has 0 aliphatic carbocycles. The Balaban J connectivity index is 2.68. The molecule has 3 nitrogen and oxygen atoms in total. The molecule has 0 heterocycles. The summed E-state index contributed by atoms with van der Waals surface area (Å²) >= 11 is 0. The topological polar surface area (TPSA) is 46.5 Å². The lowest BCUT2D eigenvalue weighted by atomic mass is 9.98. The van der Waals surface area contributed by atoms with E-state index in [0.717, 1.165) is 16.7 Å². The summed E-state index contributed by atoms with van der Waals surface area (Å²) in [6.45, 7) is 3.94. The summed E-state index contributed by atoms with van der Waals surface area (Å²) in [7, 11) is 1.35. The average molecular weight is 222 g/mol. The summed E-state index contributed by atoms with van der Waals surface area (Å²) in [6.07, 6.45) is 0.0427. The first kappa shape index (κ1) is 12.7. The number of aliphatic hydroxyl groups is 1. The second kappa shape index (κ2) is 5.66. The lowest BCUT2D eigenvalue weighted by Gasteiger charge is -2.13. The molecule has 0 saturated carbocycles. The molecule has 0 aliphatic rings. The van der Waals surface area contributed by atoms with Crippen molar-refractivity contribution < 1.29 is 14.6 Å². The van der Waals surface area contributed by atoms with Crippen LogP contribution in [0.15, 0.2) is 18.2 Å². The third-order valence-corrected chi connectivity index (χ3v) is 2.64. The van der Waals surface area contributed by atoms with E-state index in [1.54, 1.807) is 0 Å². The first-order valence-corrected chi connectivity index (χ1v) is 5.36. The highest BCUT2D eigenvalue weighted by Crippen LogP contribution is 2.23. The third kappa shape index (κ3) is 3.35. The van der Waals surface area contributed by atoms with Crippen LogP contribution in [0, 0.1) is 13.8 Å². The Labute approximate surface area is 96.1 Å². The Morgan fingerprint density at radius 3 is 2.75 bits per heavy atom. The number of ether oxygens (including phenoxy) is 1. The number of rotatable bonds is 4. The lowest BCUT2D eigenvalue weighted by Crippen LogP contribution is -2.06. The minimum absolute atomic E-state index is 0.241. The molecule has 1 unspecified atom stereocenters. The van der Waals surface area contributed by atoms with Crippen LogP contribution in [0.25, 0.3) is 0 Å². The van der Waals surface area contributed by atoms with Gasteiger partial charge < -0.3 is 9.84 Å². The number of hydrogen-bond donors (Lipinski definition) is 1. The van der Waals surface area contributed by atoms with Crippen molar-refractivity contribution in [3.05, 3.63) is 34.9 Å². The Morgan fingerprint density at radius 1 is 1.44 bits per heavy atom. The maximum absolute atomic E-state index is 11.0. The summed E-state index contributed by atoms with van der Waals surface area (Å²) in [5, 5.41) is 9.96. The van der Waals surface area contributed by atoms with Crippen molar-refractivity contribution in [2.75, 3.05) is 7.11 Å². The van der Waals surface area contributed by atoms with E-state index >= 15 is 0 Å². The summed E-state index contributed by atoms with van der Waals surface area (Å²) in [4.78, 5) is 11.0. The van der Waals surface area contributed by atoms with Gasteiger partial charge in [-0.25, -0.2) is 0 Å². The van der Waals surface area contributed by atoms with E-state index in [2.05, 4.69) is 4.74 Å². The lowest BCUT2D eigenvalue weighted by molar-refractivity contribution is -0.141. The molecule has 1 N–H and O–H groups in total. The summed E-state index contributed by atoms with van der Waals surface area (Å²) in [5.41, 5.74) is 3.05. The Hall–Kier alpha value is -1.35. The number of aliphatic hydroxyl groups excluding tert-OH is 1. The van der Waals surface area contributed by atoms with Gasteiger partial charge in [-0.2, -0.15) is 0 Å². The first-order chi connectivity index (χ1) is 7.54. The zero-order valence-electron chi connectivity index (χ0n) is 9.99. The highest BCUT2D eigenvalue weighted by Gasteiger charge is 2.12. The molecule has 1 rings (SSSR count). The second-order valence-corrected chi connectivity index (χ2v) is 3.99. The molecule has 0 aliphatic heterocycles. The number of aryl methyl sites for hydroxylation is 2. The van der Waals surface area contributed by atoms with Gasteiger partial charge in [0.25, 0.3) is 0 Å². The van der Waals surface area contributed by atoms with Crippen LogP contribution in [0.4, 0.5) is 0 Å². The number of benzene rings is 1. The van der Waals surface area contributed by atoms with Gasteiger partial charge in [0.15, 0.2) is 0 Å². The van der Waals surface area contributed by atoms with Crippen molar-refractivity contribution in [3.8, 4) is 0 Å². The molecule has 1 atom stereocenters. The maximum Gasteiger partial charge on any atom is 0.305 e. The minimum atomic E-state index is -0.598. The van der Waals surface area contributed by atoms with Crippen LogP contribution in [-0.4, -0.2) is 18.2 Å². The van der Waals surface area contributed by atoms with E-state index in [1.807, 2.05) is 32.0 Å². The van der Waals surface area contributed by atoms with Crippen LogP contribution in [0.3, 0.4) is 0 Å². The SMILES string of the molecule is COC(=O)CCC(O)c1cc(C)ccc1C. The molecule has 88 valence electrons. The van der Waals surface area contributed by atoms with Crippen molar-refractivity contribution in [2.24, 2.45) is 0 Å². The zero-order chi connectivity index (χ0) is 12.1. The number of carbonyl (C=O) groups is 1. The third-order valence-electron chi connectivity index (χ3n) is 2.64. The van der Waals surface area contributed by atoms with Crippen LogP contribution < -0.4 is 0 Å². The predicted molar refractivity (Wildman–Crippen MR) is 62.1 cm³/mol. The molecule has 0 saturated heterocycles. The average Bonchev–Trinajstić information content (AvgIpc) is 2.28. The van der Waals surface area contributed by atoms with Gasteiger partial charge >= 0.3 is 5.97 Å². The van der Waals surface area contributed by atoms with Crippen molar-refractivity contribution in [2.45, 2.75) is 32.8 Å². The van der Waals surface area contributed by atoms with Crippen molar-refractivity contribution in [1.82, 2.24) is 0 Å². The van der Waals surface area contributed by atoms with Gasteiger partial charge in [0.05, 0.1) is 13.2 Å². The van der Waals surface area contributed by atoms with Gasteiger partial charge in [-0.1, -0.05) is 23.8 Å². The van der Waals surface area contributed by atoms with Crippen LogP contribution in [0.5, 0.6) is 0 Å². The molecule has 1 aromatic rings. The molecule has 1 aromatic carbocycles. The van der Waals surface area contributed by atoms with E-state index in [0.29, 0.717) is 6.42 Å². The van der Waals surface area contributed by atoms with Crippen LogP contribution in [0.1, 0.15) is 35.6 Å². The van der Waals surface area contributed by atoms with Crippen molar-refractivity contribution in [1.29, 1.82) is 0 Å². The molecule has 0 spiro atoms. The number of methoxy groups -OCH3 is 1. The predicted octanol–water partition coefficient (Wildman–Crippen LogP) is 2.29. The van der Waals surface area contributed by atoms with Gasteiger partial charge in [-0.05, 0) is 31.4 Å². The van der Waals surface area contributed by atoms with Gasteiger partial charge in [0.2, 0.25) is 0 Å². The van der Waals surface area contributed by atoms with E-state index < -0.39 is 6.10 Å². The Bertz CT molecular complexity index is 371. The molecule has 0 fully saturated rings. The standard InChI is InChI=1S/C13H18O3/c1-9-4-5-10(2)11(8-9)12(14)6-7-13(15)16-3/h4-5,8,12,14H,6-7H2,1-3H3. The smallest absolute Gasteiger partial charge is 0.305 e. The molecule has 0 radical (unpaired) electrons. The largest absolute Gasteiger partial charge is 0.469 e. The van der Waals surface area contributed by atoms with Gasteiger partial charge in [-0.15, -0.1) is 0 Å². The van der Waals surface area contributed by atoms with Gasteiger partial charge in [-0.3, -0.25) is 4.79 Å². The quantitative estimate of drug-likeness (QED) is 0.795. The molecule has 0 aromatic heterocycles. The fraction of sp³-hybridized carbons (Fsp3) is 0.462. The normalized spacial score (nSPS) is 12.2. The van der Waals surface area contributed by atoms with E-state index in [-0.39, 0.29) is 12.4 Å². The number of esters is 1. The van der Waals surface area contributed by atoms with Gasteiger partial charge in [0.1, 0.15) is 0 Å². The summed E-state index contributed by atoms with van der Waals surface area (Å²) in [6, 6.07) is 5.94. The molecular weight excluding hydrogens is 204 g/mol. The van der Waals surface area contributed by atoms with Crippen molar-refractivity contribution in [3.63, 3.8) is 0 Å². The van der Waals surface area contributed by atoms with Crippen LogP contribution in [-0.2, 0) is 9.53 Å². The fourth-order valence-corrected chi connectivity index (χ4v) is 1.63. The number of hydrogen-bond acceptors (Lipinski definition) is 3. The summed E-state index contributed by atoms with van der Waals surface area (Å²) in [5.74, 6) is -0.288. The van der Waals surface area contributed by atoms with Gasteiger partial charge in [0, 0.05) is 6.42 Å². The zero-order valence-corrected chi connectivity index (χ0v) is 9.99. The highest BCUT2D eigenvalue weighted by atomic mass is 16.5. The van der Waals surface area contributed by atoms with E-state index in [1.165, 1.54) is 7.11 Å². The van der Waals surface area contributed by atoms with Crippen LogP contribution >= 0.6 is 0 Å². The first-order valence-electron chi connectivity index (χ1n) is 5.36. The molecular formula is C13H18O3. The van der Waals surface area contributed by atoms with E-state index in [9.17, 15) is 9.90 Å². The summed E-state index contributed by atoms with van der Waals surface area (Å²) < 4.78 is 4.54. The highest BCUT2D eigenvalue weighted by molar-refractivity contribution is 5.69. The van der Waals surface area contributed by atoms with Crippen molar-refractivity contribution >= 4 is 5.97 Å². The van der Waals surface area contributed by atoms with E-state index in [4.69, 9.17) is 0 Å². The monoisotopic (exact) mass is 222 g/mol. The fourth-order valence-electron chi connectivity index (χ4n) is 1.63. The molecule has 16 heavy (non-hydrogen) atoms.